The van der Waals surface area contributed by atoms with E-state index in [4.69, 9.17) is 5.11 Å². The van der Waals surface area contributed by atoms with E-state index in [-0.39, 0.29) is 11.8 Å². The zero-order valence-electron chi connectivity index (χ0n) is 9.44. The zero-order valence-corrected chi connectivity index (χ0v) is 9.44. The van der Waals surface area contributed by atoms with Gasteiger partial charge in [-0.15, -0.1) is 0 Å². The molecule has 3 nitrogen and oxygen atoms in total. The van der Waals surface area contributed by atoms with Crippen LogP contribution in [0.4, 0.5) is 0 Å². The minimum absolute atomic E-state index is 0.222. The standard InChI is InChI=1S/C13H17NO2/c1-9-2-4-10(5-3-9)6-11-7-14-8-12(11)13(15)16/h2-5,11-12,14H,6-8H2,1H3,(H,15,16)/t11-,12-/m0/s1. The quantitative estimate of drug-likeness (QED) is 0.809. The van der Waals surface area contributed by atoms with Crippen LogP contribution in [0.2, 0.25) is 0 Å². The maximum Gasteiger partial charge on any atom is 0.308 e. The number of carboxylic acids is 1. The molecule has 1 heterocycles. The highest BCUT2D eigenvalue weighted by Crippen LogP contribution is 2.21. The second kappa shape index (κ2) is 4.66. The van der Waals surface area contributed by atoms with Gasteiger partial charge in [-0.25, -0.2) is 0 Å². The first-order chi connectivity index (χ1) is 7.66. The van der Waals surface area contributed by atoms with Crippen LogP contribution in [-0.4, -0.2) is 24.2 Å². The van der Waals surface area contributed by atoms with Gasteiger partial charge in [0.15, 0.2) is 0 Å². The van der Waals surface area contributed by atoms with Crippen molar-refractivity contribution < 1.29 is 9.90 Å². The molecule has 1 aliphatic rings. The third kappa shape index (κ3) is 2.42. The molecule has 16 heavy (non-hydrogen) atoms. The van der Waals surface area contributed by atoms with Crippen LogP contribution in [0.5, 0.6) is 0 Å². The highest BCUT2D eigenvalue weighted by Gasteiger charge is 2.32. The number of aryl methyl sites for hydroxylation is 1. The lowest BCUT2D eigenvalue weighted by Crippen LogP contribution is -2.23. The van der Waals surface area contributed by atoms with Crippen molar-refractivity contribution >= 4 is 5.97 Å². The van der Waals surface area contributed by atoms with Crippen molar-refractivity contribution in [2.45, 2.75) is 13.3 Å². The Bertz CT molecular complexity index is 372. The minimum Gasteiger partial charge on any atom is -0.481 e. The van der Waals surface area contributed by atoms with E-state index in [0.29, 0.717) is 6.54 Å². The summed E-state index contributed by atoms with van der Waals surface area (Å²) in [6.07, 6.45) is 0.851. The normalized spacial score (nSPS) is 24.6. The van der Waals surface area contributed by atoms with Gasteiger partial charge >= 0.3 is 5.97 Å². The van der Waals surface area contributed by atoms with Crippen molar-refractivity contribution in [3.05, 3.63) is 35.4 Å². The van der Waals surface area contributed by atoms with Gasteiger partial charge in [-0.2, -0.15) is 0 Å². The van der Waals surface area contributed by atoms with Gasteiger partial charge in [0.05, 0.1) is 5.92 Å². The van der Waals surface area contributed by atoms with Crippen molar-refractivity contribution in [1.82, 2.24) is 5.32 Å². The highest BCUT2D eigenvalue weighted by atomic mass is 16.4. The maximum atomic E-state index is 11.0. The van der Waals surface area contributed by atoms with Crippen LogP contribution in [0.25, 0.3) is 0 Å². The lowest BCUT2D eigenvalue weighted by molar-refractivity contribution is -0.142. The first-order valence-electron chi connectivity index (χ1n) is 5.66. The first-order valence-corrected chi connectivity index (χ1v) is 5.66. The molecule has 1 aromatic carbocycles. The molecule has 0 saturated carbocycles. The van der Waals surface area contributed by atoms with E-state index in [1.165, 1.54) is 11.1 Å². The fraction of sp³-hybridized carbons (Fsp3) is 0.462. The number of rotatable bonds is 3. The van der Waals surface area contributed by atoms with Gasteiger partial charge < -0.3 is 10.4 Å². The third-order valence-electron chi connectivity index (χ3n) is 3.28. The number of hydrogen-bond donors (Lipinski definition) is 2. The van der Waals surface area contributed by atoms with Gasteiger partial charge in [0, 0.05) is 6.54 Å². The van der Waals surface area contributed by atoms with Gasteiger partial charge in [-0.05, 0) is 31.4 Å². The summed E-state index contributed by atoms with van der Waals surface area (Å²) in [6, 6.07) is 8.33. The molecule has 0 spiro atoms. The Balaban J connectivity index is 2.03. The molecule has 3 heteroatoms. The van der Waals surface area contributed by atoms with E-state index in [0.717, 1.165) is 13.0 Å². The number of aliphatic carboxylic acids is 1. The van der Waals surface area contributed by atoms with E-state index in [9.17, 15) is 4.79 Å². The molecule has 2 N–H and O–H groups in total. The maximum absolute atomic E-state index is 11.0. The van der Waals surface area contributed by atoms with Crippen LogP contribution in [0.15, 0.2) is 24.3 Å². The van der Waals surface area contributed by atoms with Gasteiger partial charge in [-0.1, -0.05) is 29.8 Å². The predicted molar refractivity (Wildman–Crippen MR) is 62.4 cm³/mol. The minimum atomic E-state index is -0.679. The number of hydrogen-bond acceptors (Lipinski definition) is 2. The van der Waals surface area contributed by atoms with Crippen LogP contribution in [0.3, 0.4) is 0 Å². The molecule has 2 rings (SSSR count). The molecule has 0 aliphatic carbocycles. The molecule has 0 bridgehead atoms. The lowest BCUT2D eigenvalue weighted by atomic mass is 9.89. The molecule has 0 amide bonds. The van der Waals surface area contributed by atoms with E-state index in [1.54, 1.807) is 0 Å². The first kappa shape index (κ1) is 11.1. The molecule has 1 fully saturated rings. The Kier molecular flexibility index (Phi) is 3.25. The molecular weight excluding hydrogens is 202 g/mol. The van der Waals surface area contributed by atoms with Gasteiger partial charge in [0.2, 0.25) is 0 Å². The molecular formula is C13H17NO2. The smallest absolute Gasteiger partial charge is 0.308 e. The molecule has 1 saturated heterocycles. The number of carboxylic acid groups (broad SMARTS) is 1. The Hall–Kier alpha value is -1.35. The molecule has 0 aromatic heterocycles. The molecule has 2 atom stereocenters. The Morgan fingerprint density at radius 1 is 1.38 bits per heavy atom. The van der Waals surface area contributed by atoms with Crippen molar-refractivity contribution in [3.63, 3.8) is 0 Å². The summed E-state index contributed by atoms with van der Waals surface area (Å²) in [4.78, 5) is 11.0. The van der Waals surface area contributed by atoms with E-state index < -0.39 is 5.97 Å². The summed E-state index contributed by atoms with van der Waals surface area (Å²) in [5.41, 5.74) is 2.47. The molecule has 1 aromatic rings. The third-order valence-corrected chi connectivity index (χ3v) is 3.28. The summed E-state index contributed by atoms with van der Waals surface area (Å²) in [7, 11) is 0. The highest BCUT2D eigenvalue weighted by molar-refractivity contribution is 5.71. The number of nitrogens with one attached hydrogen (secondary N) is 1. The van der Waals surface area contributed by atoms with Crippen LogP contribution in [0.1, 0.15) is 11.1 Å². The van der Waals surface area contributed by atoms with Crippen LogP contribution in [0, 0.1) is 18.8 Å². The fourth-order valence-corrected chi connectivity index (χ4v) is 2.26. The predicted octanol–water partition coefficient (Wildman–Crippen LogP) is 1.46. The second-order valence-electron chi connectivity index (χ2n) is 4.55. The number of benzene rings is 1. The van der Waals surface area contributed by atoms with E-state index >= 15 is 0 Å². The van der Waals surface area contributed by atoms with Crippen molar-refractivity contribution in [1.29, 1.82) is 0 Å². The van der Waals surface area contributed by atoms with E-state index in [1.807, 2.05) is 0 Å². The summed E-state index contributed by atoms with van der Waals surface area (Å²) >= 11 is 0. The van der Waals surface area contributed by atoms with Gasteiger partial charge in [0.25, 0.3) is 0 Å². The summed E-state index contributed by atoms with van der Waals surface area (Å²) in [5.74, 6) is -0.691. The largest absolute Gasteiger partial charge is 0.481 e. The Morgan fingerprint density at radius 3 is 2.69 bits per heavy atom. The van der Waals surface area contributed by atoms with E-state index in [2.05, 4.69) is 36.5 Å². The number of carbonyl (C=O) groups is 1. The fourth-order valence-electron chi connectivity index (χ4n) is 2.26. The summed E-state index contributed by atoms with van der Waals surface area (Å²) in [6.45, 7) is 3.47. The molecule has 0 unspecified atom stereocenters. The van der Waals surface area contributed by atoms with Crippen molar-refractivity contribution in [2.75, 3.05) is 13.1 Å². The summed E-state index contributed by atoms with van der Waals surface area (Å²) in [5, 5.41) is 12.2. The Morgan fingerprint density at radius 2 is 2.06 bits per heavy atom. The average Bonchev–Trinajstić information content (AvgIpc) is 2.69. The Labute approximate surface area is 95.5 Å². The molecule has 0 radical (unpaired) electrons. The van der Waals surface area contributed by atoms with Crippen molar-refractivity contribution in [3.8, 4) is 0 Å². The van der Waals surface area contributed by atoms with Gasteiger partial charge in [-0.3, -0.25) is 4.79 Å². The zero-order chi connectivity index (χ0) is 11.5. The lowest BCUT2D eigenvalue weighted by Gasteiger charge is -2.14. The second-order valence-corrected chi connectivity index (χ2v) is 4.55. The summed E-state index contributed by atoms with van der Waals surface area (Å²) < 4.78 is 0. The topological polar surface area (TPSA) is 49.3 Å². The van der Waals surface area contributed by atoms with Crippen molar-refractivity contribution in [2.24, 2.45) is 11.8 Å². The average molecular weight is 219 g/mol. The van der Waals surface area contributed by atoms with Gasteiger partial charge in [0.1, 0.15) is 0 Å². The SMILES string of the molecule is Cc1ccc(C[C@H]2CNC[C@@H]2C(=O)O)cc1. The van der Waals surface area contributed by atoms with Crippen LogP contribution in [-0.2, 0) is 11.2 Å². The molecule has 86 valence electrons. The monoisotopic (exact) mass is 219 g/mol. The van der Waals surface area contributed by atoms with Crippen LogP contribution >= 0.6 is 0 Å². The van der Waals surface area contributed by atoms with Crippen LogP contribution < -0.4 is 5.32 Å². The molecule has 1 aliphatic heterocycles.